The van der Waals surface area contributed by atoms with Crippen LogP contribution in [-0.2, 0) is 18.3 Å². The third-order valence-corrected chi connectivity index (χ3v) is 5.91. The lowest BCUT2D eigenvalue weighted by molar-refractivity contribution is 0.102. The molecule has 0 aliphatic carbocycles. The van der Waals surface area contributed by atoms with Gasteiger partial charge in [0.15, 0.2) is 10.9 Å². The summed E-state index contributed by atoms with van der Waals surface area (Å²) >= 11 is 1.47. The molecule has 3 heterocycles. The number of hydrogen-bond donors (Lipinski definition) is 0. The predicted molar refractivity (Wildman–Crippen MR) is 108 cm³/mol. The predicted octanol–water partition coefficient (Wildman–Crippen LogP) is 2.70. The molecular weight excluding hydrogens is 362 g/mol. The molecule has 0 N–H and O–H groups in total. The van der Waals surface area contributed by atoms with Crippen LogP contribution in [0.15, 0.2) is 11.2 Å². The Morgan fingerprint density at radius 3 is 2.56 bits per heavy atom. The molecule has 1 aliphatic heterocycles. The maximum absolute atomic E-state index is 12.7. The minimum atomic E-state index is 0.133. The fraction of sp³-hybridized carbons (Fsp3) is 0.632. The van der Waals surface area contributed by atoms with Gasteiger partial charge in [-0.2, -0.15) is 0 Å². The molecule has 0 bridgehead atoms. The van der Waals surface area contributed by atoms with Gasteiger partial charge in [-0.15, -0.1) is 10.2 Å². The minimum absolute atomic E-state index is 0.133. The second kappa shape index (κ2) is 8.48. The Kier molecular flexibility index (Phi) is 6.26. The molecule has 8 heteroatoms. The highest BCUT2D eigenvalue weighted by Crippen LogP contribution is 2.25. The van der Waals surface area contributed by atoms with Gasteiger partial charge in [0.1, 0.15) is 0 Å². The van der Waals surface area contributed by atoms with E-state index in [1.807, 2.05) is 27.0 Å². The molecule has 1 saturated heterocycles. The van der Waals surface area contributed by atoms with Crippen LogP contribution < -0.4 is 4.90 Å². The maximum Gasteiger partial charge on any atom is 0.228 e. The number of hydrogen-bond acceptors (Lipinski definition) is 6. The van der Waals surface area contributed by atoms with E-state index in [0.717, 1.165) is 47.7 Å². The van der Waals surface area contributed by atoms with Gasteiger partial charge in [-0.25, -0.2) is 0 Å². The highest BCUT2D eigenvalue weighted by Gasteiger charge is 2.22. The van der Waals surface area contributed by atoms with Crippen LogP contribution in [0.3, 0.4) is 0 Å². The number of morpholine rings is 1. The maximum atomic E-state index is 12.7. The summed E-state index contributed by atoms with van der Waals surface area (Å²) in [5.41, 5.74) is 2.90. The zero-order valence-electron chi connectivity index (χ0n) is 16.9. The molecule has 1 aliphatic rings. The Morgan fingerprint density at radius 2 is 1.96 bits per heavy atom. The van der Waals surface area contributed by atoms with Crippen molar-refractivity contribution >= 4 is 23.5 Å². The number of Topliss-reactive ketones (excluding diaryl/α,β-unsaturated/α-hetero) is 1. The second-order valence-electron chi connectivity index (χ2n) is 7.44. The van der Waals surface area contributed by atoms with E-state index >= 15 is 0 Å². The topological polar surface area (TPSA) is 65.2 Å². The van der Waals surface area contributed by atoms with Gasteiger partial charge < -0.3 is 14.2 Å². The van der Waals surface area contributed by atoms with Crippen LogP contribution in [-0.4, -0.2) is 57.2 Å². The van der Waals surface area contributed by atoms with Crippen molar-refractivity contribution in [2.75, 3.05) is 37.0 Å². The van der Waals surface area contributed by atoms with Gasteiger partial charge in [-0.3, -0.25) is 9.36 Å². The molecule has 7 nitrogen and oxygen atoms in total. The fourth-order valence-corrected chi connectivity index (χ4v) is 4.08. The number of aryl methyl sites for hydroxylation is 1. The van der Waals surface area contributed by atoms with Crippen LogP contribution in [0, 0.1) is 19.8 Å². The zero-order valence-corrected chi connectivity index (χ0v) is 17.7. The first kappa shape index (κ1) is 19.9. The molecule has 0 amide bonds. The van der Waals surface area contributed by atoms with Crippen molar-refractivity contribution in [3.05, 3.63) is 23.0 Å². The highest BCUT2D eigenvalue weighted by atomic mass is 32.2. The Labute approximate surface area is 165 Å². The van der Waals surface area contributed by atoms with Gasteiger partial charge in [0, 0.05) is 43.6 Å². The van der Waals surface area contributed by atoms with Crippen LogP contribution in [0.4, 0.5) is 5.95 Å². The van der Waals surface area contributed by atoms with Gasteiger partial charge in [0.25, 0.3) is 0 Å². The van der Waals surface area contributed by atoms with Gasteiger partial charge in [0.05, 0.1) is 19.0 Å². The van der Waals surface area contributed by atoms with Crippen LogP contribution in [0.2, 0.25) is 0 Å². The highest BCUT2D eigenvalue weighted by molar-refractivity contribution is 7.99. The van der Waals surface area contributed by atoms with Crippen molar-refractivity contribution < 1.29 is 9.53 Å². The van der Waals surface area contributed by atoms with E-state index in [0.29, 0.717) is 24.9 Å². The number of rotatable bonds is 7. The molecule has 0 saturated carbocycles. The quantitative estimate of drug-likeness (QED) is 0.534. The van der Waals surface area contributed by atoms with Crippen molar-refractivity contribution in [1.29, 1.82) is 0 Å². The number of ether oxygens (including phenoxy) is 1. The van der Waals surface area contributed by atoms with Crippen molar-refractivity contribution in [3.63, 3.8) is 0 Å². The standard InChI is InChI=1S/C19H29N5O2S/c1-13(2)11-24-18(23-6-8-26-9-7-23)20-21-19(24)27-12-17(25)16-10-14(3)22(5)15(16)4/h10,13H,6-9,11-12H2,1-5H3. The first-order chi connectivity index (χ1) is 12.9. The van der Waals surface area contributed by atoms with Gasteiger partial charge in [-0.05, 0) is 25.8 Å². The summed E-state index contributed by atoms with van der Waals surface area (Å²) in [6.45, 7) is 12.3. The SMILES string of the molecule is Cc1cc(C(=O)CSc2nnc(N3CCOCC3)n2CC(C)C)c(C)n1C. The molecule has 148 valence electrons. The number of anilines is 1. The van der Waals surface area contributed by atoms with Crippen molar-refractivity contribution in [3.8, 4) is 0 Å². The molecule has 0 aromatic carbocycles. The van der Waals surface area contributed by atoms with E-state index in [2.05, 4.69) is 38.1 Å². The number of ketones is 1. The molecule has 2 aromatic heterocycles. The monoisotopic (exact) mass is 391 g/mol. The molecule has 0 spiro atoms. The normalized spacial score (nSPS) is 15.0. The third-order valence-electron chi connectivity index (χ3n) is 4.95. The van der Waals surface area contributed by atoms with E-state index in [1.165, 1.54) is 11.8 Å². The zero-order chi connectivity index (χ0) is 19.6. The van der Waals surface area contributed by atoms with Gasteiger partial charge in [-0.1, -0.05) is 25.6 Å². The summed E-state index contributed by atoms with van der Waals surface area (Å²) < 4.78 is 9.65. The first-order valence-electron chi connectivity index (χ1n) is 9.43. The summed E-state index contributed by atoms with van der Waals surface area (Å²) in [4.78, 5) is 14.9. The molecule has 27 heavy (non-hydrogen) atoms. The van der Waals surface area contributed by atoms with E-state index < -0.39 is 0 Å². The van der Waals surface area contributed by atoms with Crippen LogP contribution in [0.1, 0.15) is 35.6 Å². The molecule has 0 radical (unpaired) electrons. The second-order valence-corrected chi connectivity index (χ2v) is 8.38. The van der Waals surface area contributed by atoms with Gasteiger partial charge in [0.2, 0.25) is 5.95 Å². The average molecular weight is 392 g/mol. The molecular formula is C19H29N5O2S. The number of carbonyl (C=O) groups excluding carboxylic acids is 1. The number of carbonyl (C=O) groups is 1. The Balaban J connectivity index is 1.76. The lowest BCUT2D eigenvalue weighted by Crippen LogP contribution is -2.38. The lowest BCUT2D eigenvalue weighted by atomic mass is 10.2. The Bertz CT molecular complexity index is 805. The number of thioether (sulfide) groups is 1. The average Bonchev–Trinajstić information content (AvgIpc) is 3.16. The molecule has 2 aromatic rings. The van der Waals surface area contributed by atoms with E-state index in [9.17, 15) is 4.79 Å². The van der Waals surface area contributed by atoms with Crippen molar-refractivity contribution in [1.82, 2.24) is 19.3 Å². The minimum Gasteiger partial charge on any atom is -0.378 e. The largest absolute Gasteiger partial charge is 0.378 e. The fourth-order valence-electron chi connectivity index (χ4n) is 3.26. The molecule has 0 unspecified atom stereocenters. The van der Waals surface area contributed by atoms with E-state index in [4.69, 9.17) is 4.74 Å². The first-order valence-corrected chi connectivity index (χ1v) is 10.4. The van der Waals surface area contributed by atoms with Crippen LogP contribution in [0.5, 0.6) is 0 Å². The summed E-state index contributed by atoms with van der Waals surface area (Å²) in [7, 11) is 1.99. The summed E-state index contributed by atoms with van der Waals surface area (Å²) in [6.07, 6.45) is 0. The van der Waals surface area contributed by atoms with E-state index in [1.54, 1.807) is 0 Å². The van der Waals surface area contributed by atoms with Crippen molar-refractivity contribution in [2.24, 2.45) is 13.0 Å². The molecule has 3 rings (SSSR count). The summed E-state index contributed by atoms with van der Waals surface area (Å²) in [5.74, 6) is 1.85. The smallest absolute Gasteiger partial charge is 0.228 e. The summed E-state index contributed by atoms with van der Waals surface area (Å²) in [6, 6.07) is 1.97. The third kappa shape index (κ3) is 4.38. The number of nitrogens with zero attached hydrogens (tertiary/aromatic N) is 5. The summed E-state index contributed by atoms with van der Waals surface area (Å²) in [5, 5.41) is 9.63. The molecule has 1 fully saturated rings. The van der Waals surface area contributed by atoms with Gasteiger partial charge >= 0.3 is 0 Å². The van der Waals surface area contributed by atoms with Crippen LogP contribution >= 0.6 is 11.8 Å². The van der Waals surface area contributed by atoms with E-state index in [-0.39, 0.29) is 5.78 Å². The Morgan fingerprint density at radius 1 is 1.26 bits per heavy atom. The van der Waals surface area contributed by atoms with Crippen molar-refractivity contribution in [2.45, 2.75) is 39.4 Å². The molecule has 0 atom stereocenters. The lowest BCUT2D eigenvalue weighted by Gasteiger charge is -2.28. The number of aromatic nitrogens is 4. The Hall–Kier alpha value is -1.80. The van der Waals surface area contributed by atoms with Crippen LogP contribution in [0.25, 0.3) is 0 Å².